The second-order valence-corrected chi connectivity index (χ2v) is 7.21. The second-order valence-electron chi connectivity index (χ2n) is 7.21. The second kappa shape index (κ2) is 9.63. The van der Waals surface area contributed by atoms with Crippen LogP contribution in [0.2, 0.25) is 0 Å². The average molecular weight is 352 g/mol. The van der Waals surface area contributed by atoms with Gasteiger partial charge >= 0.3 is 6.09 Å². The molecule has 0 saturated carbocycles. The third-order valence-electron chi connectivity index (χ3n) is 3.92. The summed E-state index contributed by atoms with van der Waals surface area (Å²) in [7, 11) is 5.34. The summed E-state index contributed by atoms with van der Waals surface area (Å²) >= 11 is 0. The van der Waals surface area contributed by atoms with Crippen molar-refractivity contribution >= 4 is 6.09 Å². The van der Waals surface area contributed by atoms with Crippen molar-refractivity contribution in [3.05, 3.63) is 29.8 Å². The van der Waals surface area contributed by atoms with Crippen molar-refractivity contribution in [1.29, 1.82) is 0 Å². The molecule has 0 aromatic heterocycles. The minimum absolute atomic E-state index is 0.0325. The van der Waals surface area contributed by atoms with Gasteiger partial charge in [0.25, 0.3) is 0 Å². The van der Waals surface area contributed by atoms with Gasteiger partial charge in [-0.2, -0.15) is 0 Å². The molecule has 6 heteroatoms. The highest BCUT2D eigenvalue weighted by atomic mass is 16.6. The number of carbonyl (C=O) groups is 1. The number of nitrogens with zero attached hydrogens (tertiary/aromatic N) is 2. The van der Waals surface area contributed by atoms with E-state index < -0.39 is 5.60 Å². The van der Waals surface area contributed by atoms with Gasteiger partial charge in [-0.15, -0.1) is 0 Å². The molecule has 0 unspecified atom stereocenters. The summed E-state index contributed by atoms with van der Waals surface area (Å²) in [5.74, 6) is 0.794. The molecular formula is C19H32N2O4. The molecule has 1 N–H and O–H groups in total. The summed E-state index contributed by atoms with van der Waals surface area (Å²) in [4.78, 5) is 15.6. The van der Waals surface area contributed by atoms with Gasteiger partial charge in [-0.25, -0.2) is 4.79 Å². The number of aliphatic hydroxyl groups is 1. The molecule has 0 aliphatic carbocycles. The first-order valence-electron chi connectivity index (χ1n) is 8.57. The molecule has 142 valence electrons. The van der Waals surface area contributed by atoms with E-state index in [1.165, 1.54) is 0 Å². The summed E-state index contributed by atoms with van der Waals surface area (Å²) in [6, 6.07) is 7.62. The maximum Gasteiger partial charge on any atom is 0.410 e. The SMILES string of the molecule is COc1ccc([C@H](CO)N(C)CCCN(C)C(=O)OC(C)(C)C)cc1. The highest BCUT2D eigenvalue weighted by Gasteiger charge is 2.20. The maximum absolute atomic E-state index is 11.9. The summed E-state index contributed by atoms with van der Waals surface area (Å²) in [6.07, 6.45) is 0.475. The Morgan fingerprint density at radius 3 is 2.24 bits per heavy atom. The lowest BCUT2D eigenvalue weighted by Gasteiger charge is -2.28. The largest absolute Gasteiger partial charge is 0.497 e. The van der Waals surface area contributed by atoms with Crippen LogP contribution in [0.5, 0.6) is 5.75 Å². The van der Waals surface area contributed by atoms with Crippen molar-refractivity contribution in [2.24, 2.45) is 0 Å². The number of rotatable bonds is 8. The van der Waals surface area contributed by atoms with Crippen LogP contribution in [0.25, 0.3) is 0 Å². The highest BCUT2D eigenvalue weighted by molar-refractivity contribution is 5.67. The lowest BCUT2D eigenvalue weighted by atomic mass is 10.1. The van der Waals surface area contributed by atoms with Crippen LogP contribution in [0.4, 0.5) is 4.79 Å². The lowest BCUT2D eigenvalue weighted by molar-refractivity contribution is 0.0290. The number of amides is 1. The van der Waals surface area contributed by atoms with Crippen molar-refractivity contribution in [3.8, 4) is 5.75 Å². The number of aliphatic hydroxyl groups excluding tert-OH is 1. The number of hydrogen-bond acceptors (Lipinski definition) is 5. The van der Waals surface area contributed by atoms with Crippen LogP contribution in [0.15, 0.2) is 24.3 Å². The van der Waals surface area contributed by atoms with Gasteiger partial charge in [-0.1, -0.05) is 12.1 Å². The molecule has 0 aliphatic rings. The Bertz CT molecular complexity index is 525. The monoisotopic (exact) mass is 352 g/mol. The zero-order chi connectivity index (χ0) is 19.0. The van der Waals surface area contributed by atoms with Crippen LogP contribution in [0.3, 0.4) is 0 Å². The van der Waals surface area contributed by atoms with Crippen LogP contribution in [0, 0.1) is 0 Å². The van der Waals surface area contributed by atoms with E-state index in [4.69, 9.17) is 9.47 Å². The van der Waals surface area contributed by atoms with Gasteiger partial charge in [0, 0.05) is 20.1 Å². The summed E-state index contributed by atoms with van der Waals surface area (Å²) in [5.41, 5.74) is 0.546. The number of benzene rings is 1. The predicted octanol–water partition coefficient (Wildman–Crippen LogP) is 2.92. The molecule has 1 aromatic carbocycles. The first-order chi connectivity index (χ1) is 11.7. The van der Waals surface area contributed by atoms with E-state index >= 15 is 0 Å². The van der Waals surface area contributed by atoms with Gasteiger partial charge in [-0.05, 0) is 51.9 Å². The van der Waals surface area contributed by atoms with Gasteiger partial charge in [0.1, 0.15) is 11.4 Å². The molecule has 0 fully saturated rings. The molecule has 0 spiro atoms. The summed E-state index contributed by atoms with van der Waals surface area (Å²) in [5, 5.41) is 9.74. The van der Waals surface area contributed by atoms with Crippen molar-refractivity contribution in [3.63, 3.8) is 0 Å². The smallest absolute Gasteiger partial charge is 0.410 e. The minimum atomic E-state index is -0.488. The fraction of sp³-hybridized carbons (Fsp3) is 0.632. The molecule has 1 rings (SSSR count). The van der Waals surface area contributed by atoms with Crippen LogP contribution in [-0.2, 0) is 4.74 Å². The molecule has 1 aromatic rings. The first kappa shape index (κ1) is 21.3. The molecule has 6 nitrogen and oxygen atoms in total. The standard InChI is InChI=1S/C19H32N2O4/c1-19(2,3)25-18(23)21(5)13-7-12-20(4)17(14-22)15-8-10-16(24-6)11-9-15/h8-11,17,22H,7,12-14H2,1-6H3/t17-/m0/s1. The number of methoxy groups -OCH3 is 1. The number of hydrogen-bond donors (Lipinski definition) is 1. The van der Waals surface area contributed by atoms with Gasteiger partial charge < -0.3 is 19.5 Å². The van der Waals surface area contributed by atoms with Crippen molar-refractivity contribution in [1.82, 2.24) is 9.80 Å². The molecule has 0 saturated heterocycles. The molecule has 1 atom stereocenters. The number of carbonyl (C=O) groups excluding carboxylic acids is 1. The van der Waals surface area contributed by atoms with Gasteiger partial charge in [0.05, 0.1) is 19.8 Å². The molecule has 25 heavy (non-hydrogen) atoms. The van der Waals surface area contributed by atoms with Crippen molar-refractivity contribution in [2.75, 3.05) is 40.9 Å². The van der Waals surface area contributed by atoms with E-state index in [-0.39, 0.29) is 18.7 Å². The van der Waals surface area contributed by atoms with Crippen LogP contribution >= 0.6 is 0 Å². The van der Waals surface area contributed by atoms with Crippen molar-refractivity contribution < 1.29 is 19.4 Å². The zero-order valence-corrected chi connectivity index (χ0v) is 16.3. The Balaban J connectivity index is 2.50. The highest BCUT2D eigenvalue weighted by Crippen LogP contribution is 2.22. The maximum atomic E-state index is 11.9. The fourth-order valence-corrected chi connectivity index (χ4v) is 2.47. The van der Waals surface area contributed by atoms with E-state index in [2.05, 4.69) is 4.90 Å². The topological polar surface area (TPSA) is 62.2 Å². The molecule has 0 radical (unpaired) electrons. The lowest BCUT2D eigenvalue weighted by Crippen LogP contribution is -2.36. The molecule has 0 aliphatic heterocycles. The summed E-state index contributed by atoms with van der Waals surface area (Å²) in [6.45, 7) is 6.95. The molecule has 0 bridgehead atoms. The third-order valence-corrected chi connectivity index (χ3v) is 3.92. The van der Waals surface area contributed by atoms with E-state index in [1.807, 2.05) is 52.1 Å². The number of ether oxygens (including phenoxy) is 2. The molecule has 0 heterocycles. The Labute approximate surface area is 151 Å². The van der Waals surface area contributed by atoms with Gasteiger partial charge in [0.2, 0.25) is 0 Å². The molecular weight excluding hydrogens is 320 g/mol. The Morgan fingerprint density at radius 2 is 1.76 bits per heavy atom. The average Bonchev–Trinajstić information content (AvgIpc) is 2.54. The molecule has 1 amide bonds. The summed E-state index contributed by atoms with van der Waals surface area (Å²) < 4.78 is 10.5. The van der Waals surface area contributed by atoms with Gasteiger partial charge in [-0.3, -0.25) is 4.90 Å². The predicted molar refractivity (Wildman–Crippen MR) is 98.9 cm³/mol. The Hall–Kier alpha value is -1.79. The normalized spacial score (nSPS) is 12.8. The third kappa shape index (κ3) is 7.32. The van der Waals surface area contributed by atoms with Crippen LogP contribution < -0.4 is 4.74 Å². The van der Waals surface area contributed by atoms with Crippen molar-refractivity contribution in [2.45, 2.75) is 38.8 Å². The van der Waals surface area contributed by atoms with E-state index in [0.29, 0.717) is 6.54 Å². The van der Waals surface area contributed by atoms with E-state index in [1.54, 1.807) is 19.1 Å². The first-order valence-corrected chi connectivity index (χ1v) is 8.57. The minimum Gasteiger partial charge on any atom is -0.497 e. The van der Waals surface area contributed by atoms with Crippen LogP contribution in [0.1, 0.15) is 38.8 Å². The van der Waals surface area contributed by atoms with E-state index in [0.717, 1.165) is 24.3 Å². The quantitative estimate of drug-likeness (QED) is 0.779. The van der Waals surface area contributed by atoms with Crippen LogP contribution in [-0.4, -0.2) is 67.5 Å². The Morgan fingerprint density at radius 1 is 1.16 bits per heavy atom. The fourth-order valence-electron chi connectivity index (χ4n) is 2.47. The van der Waals surface area contributed by atoms with Gasteiger partial charge in [0.15, 0.2) is 0 Å². The number of likely N-dealkylation sites (N-methyl/N-ethyl adjacent to an activating group) is 1. The zero-order valence-electron chi connectivity index (χ0n) is 16.3. The van der Waals surface area contributed by atoms with E-state index in [9.17, 15) is 9.90 Å². The Kier molecular flexibility index (Phi) is 8.19.